The molecule has 0 aliphatic rings. The Morgan fingerprint density at radius 1 is 1.44 bits per heavy atom. The summed E-state index contributed by atoms with van der Waals surface area (Å²) in [4.78, 5) is 34.5. The van der Waals surface area contributed by atoms with E-state index < -0.39 is 24.6 Å². The number of carbonyl (C=O) groups excluding carboxylic acids is 2. The van der Waals surface area contributed by atoms with E-state index in [9.17, 15) is 14.4 Å². The Balaban J connectivity index is 4.46. The first kappa shape index (κ1) is 15.8. The lowest BCUT2D eigenvalue weighted by atomic mass is 10.3. The zero-order valence-corrected chi connectivity index (χ0v) is 10.4. The minimum Gasteiger partial charge on any atom is -0.480 e. The zero-order valence-electron chi connectivity index (χ0n) is 10.4. The molecule has 0 radical (unpaired) electrons. The van der Waals surface area contributed by atoms with Crippen LogP contribution in [0.2, 0.25) is 0 Å². The third-order valence-electron chi connectivity index (χ3n) is 1.98. The molecule has 3 amide bonds. The molecule has 0 spiro atoms. The maximum absolute atomic E-state index is 11.7. The van der Waals surface area contributed by atoms with Gasteiger partial charge in [-0.25, -0.2) is 4.79 Å². The number of terminal acetylenes is 1. The molecule has 0 saturated carbocycles. The Hall–Kier alpha value is -2.23. The Labute approximate surface area is 106 Å². The average molecular weight is 255 g/mol. The molecule has 0 aromatic carbocycles. The van der Waals surface area contributed by atoms with Crippen molar-refractivity contribution < 1.29 is 19.5 Å². The Morgan fingerprint density at radius 3 is 2.50 bits per heavy atom. The monoisotopic (exact) mass is 255 g/mol. The van der Waals surface area contributed by atoms with Crippen LogP contribution in [0.4, 0.5) is 4.79 Å². The molecule has 0 aliphatic carbocycles. The number of hydrogen-bond donors (Lipinski definition) is 3. The van der Waals surface area contributed by atoms with Crippen molar-refractivity contribution in [1.29, 1.82) is 0 Å². The lowest BCUT2D eigenvalue weighted by molar-refractivity contribution is -0.137. The van der Waals surface area contributed by atoms with E-state index >= 15 is 0 Å². The number of carboxylic acid groups (broad SMARTS) is 1. The third-order valence-corrected chi connectivity index (χ3v) is 1.98. The number of nitrogens with zero attached hydrogens (tertiary/aromatic N) is 1. The van der Waals surface area contributed by atoms with E-state index in [-0.39, 0.29) is 12.5 Å². The van der Waals surface area contributed by atoms with Crippen molar-refractivity contribution in [3.8, 4) is 12.3 Å². The van der Waals surface area contributed by atoms with Crippen LogP contribution in [-0.2, 0) is 9.59 Å². The molecule has 0 rings (SSSR count). The van der Waals surface area contributed by atoms with E-state index in [2.05, 4.69) is 16.6 Å². The minimum absolute atomic E-state index is 0.139. The van der Waals surface area contributed by atoms with Crippen LogP contribution in [0, 0.1) is 12.3 Å². The molecule has 0 aromatic rings. The number of aliphatic carboxylic acids is 1. The van der Waals surface area contributed by atoms with Crippen molar-refractivity contribution in [1.82, 2.24) is 15.5 Å². The maximum Gasteiger partial charge on any atom is 0.323 e. The first-order valence-electron chi connectivity index (χ1n) is 5.40. The number of hydrogen-bond acceptors (Lipinski definition) is 3. The van der Waals surface area contributed by atoms with Gasteiger partial charge in [0.1, 0.15) is 12.6 Å². The summed E-state index contributed by atoms with van der Waals surface area (Å²) in [5.41, 5.74) is 0. The van der Waals surface area contributed by atoms with Gasteiger partial charge < -0.3 is 20.6 Å². The van der Waals surface area contributed by atoms with Crippen LogP contribution >= 0.6 is 0 Å². The molecule has 0 aliphatic heterocycles. The van der Waals surface area contributed by atoms with Crippen molar-refractivity contribution in [3.63, 3.8) is 0 Å². The average Bonchev–Trinajstić information content (AvgIpc) is 2.28. The highest BCUT2D eigenvalue weighted by molar-refractivity contribution is 5.87. The van der Waals surface area contributed by atoms with E-state index in [0.717, 1.165) is 4.90 Å². The molecule has 0 aromatic heterocycles. The predicted octanol–water partition coefficient (Wildman–Crippen LogP) is -0.760. The van der Waals surface area contributed by atoms with Gasteiger partial charge in [-0.15, -0.1) is 6.42 Å². The van der Waals surface area contributed by atoms with Gasteiger partial charge in [0.05, 0.1) is 6.54 Å². The molecule has 0 fully saturated rings. The van der Waals surface area contributed by atoms with Crippen LogP contribution in [0.1, 0.15) is 13.8 Å². The Morgan fingerprint density at radius 2 is 2.06 bits per heavy atom. The molecule has 0 saturated heterocycles. The smallest absolute Gasteiger partial charge is 0.323 e. The molecule has 18 heavy (non-hydrogen) atoms. The summed E-state index contributed by atoms with van der Waals surface area (Å²) in [6, 6.07) is -1.44. The molecule has 1 atom stereocenters. The minimum atomic E-state index is -1.17. The van der Waals surface area contributed by atoms with Crippen LogP contribution < -0.4 is 10.6 Å². The predicted molar refractivity (Wildman–Crippen MR) is 64.7 cm³/mol. The highest BCUT2D eigenvalue weighted by Crippen LogP contribution is 1.92. The Bertz CT molecular complexity index is 362. The lowest BCUT2D eigenvalue weighted by Crippen LogP contribution is -2.51. The SMILES string of the molecule is C#CCN(CC(=O)O)C(=O)NC(C)C(=O)NCC. The fraction of sp³-hybridized carbons (Fsp3) is 0.545. The van der Waals surface area contributed by atoms with Crippen molar-refractivity contribution in [2.45, 2.75) is 19.9 Å². The largest absolute Gasteiger partial charge is 0.480 e. The summed E-state index contributed by atoms with van der Waals surface area (Å²) < 4.78 is 0. The normalized spacial score (nSPS) is 10.9. The number of urea groups is 1. The molecule has 3 N–H and O–H groups in total. The van der Waals surface area contributed by atoms with Gasteiger partial charge in [-0.2, -0.15) is 0 Å². The van der Waals surface area contributed by atoms with Gasteiger partial charge in [0.25, 0.3) is 0 Å². The van der Waals surface area contributed by atoms with Crippen LogP contribution in [0.3, 0.4) is 0 Å². The summed E-state index contributed by atoms with van der Waals surface area (Å²) >= 11 is 0. The second-order valence-electron chi connectivity index (χ2n) is 3.52. The van der Waals surface area contributed by atoms with Crippen molar-refractivity contribution in [2.24, 2.45) is 0 Å². The number of carboxylic acids is 1. The van der Waals surface area contributed by atoms with Crippen molar-refractivity contribution in [3.05, 3.63) is 0 Å². The van der Waals surface area contributed by atoms with E-state index in [0.29, 0.717) is 6.54 Å². The summed E-state index contributed by atoms with van der Waals surface area (Å²) in [5.74, 6) is 0.662. The number of nitrogens with one attached hydrogen (secondary N) is 2. The quantitative estimate of drug-likeness (QED) is 0.543. The first-order chi connectivity index (χ1) is 8.42. The van der Waals surface area contributed by atoms with Gasteiger partial charge in [-0.1, -0.05) is 5.92 Å². The summed E-state index contributed by atoms with van der Waals surface area (Å²) in [6.45, 7) is 3.04. The van der Waals surface area contributed by atoms with Crippen LogP contribution in [0.5, 0.6) is 0 Å². The zero-order chi connectivity index (χ0) is 14.1. The molecule has 0 bridgehead atoms. The highest BCUT2D eigenvalue weighted by Gasteiger charge is 2.20. The van der Waals surface area contributed by atoms with Crippen molar-refractivity contribution in [2.75, 3.05) is 19.6 Å². The van der Waals surface area contributed by atoms with E-state index in [1.807, 2.05) is 0 Å². The van der Waals surface area contributed by atoms with Gasteiger partial charge >= 0.3 is 12.0 Å². The number of likely N-dealkylation sites (N-methyl/N-ethyl adjacent to an activating group) is 1. The topological polar surface area (TPSA) is 98.7 Å². The van der Waals surface area contributed by atoms with Crippen molar-refractivity contribution >= 4 is 17.9 Å². The summed E-state index contributed by atoms with van der Waals surface area (Å²) in [6.07, 6.45) is 5.04. The summed E-state index contributed by atoms with van der Waals surface area (Å²) in [5, 5.41) is 13.5. The van der Waals surface area contributed by atoms with Gasteiger partial charge in [0.15, 0.2) is 0 Å². The standard InChI is InChI=1S/C11H17N3O4/c1-4-6-14(7-9(15)16)11(18)13-8(3)10(17)12-5-2/h1,8H,5-7H2,2-3H3,(H,12,17)(H,13,18)(H,15,16). The number of amides is 3. The molecule has 100 valence electrons. The maximum atomic E-state index is 11.7. The molecular weight excluding hydrogens is 238 g/mol. The molecule has 7 heteroatoms. The molecule has 7 nitrogen and oxygen atoms in total. The van der Waals surface area contributed by atoms with Crippen LogP contribution in [0.25, 0.3) is 0 Å². The number of carbonyl (C=O) groups is 3. The van der Waals surface area contributed by atoms with E-state index in [1.165, 1.54) is 6.92 Å². The fourth-order valence-corrected chi connectivity index (χ4v) is 1.14. The van der Waals surface area contributed by atoms with Gasteiger partial charge in [-0.3, -0.25) is 9.59 Å². The van der Waals surface area contributed by atoms with Gasteiger partial charge in [-0.05, 0) is 13.8 Å². The second kappa shape index (κ2) is 7.95. The van der Waals surface area contributed by atoms with Gasteiger partial charge in [0.2, 0.25) is 5.91 Å². The fourth-order valence-electron chi connectivity index (χ4n) is 1.14. The number of rotatable bonds is 6. The van der Waals surface area contributed by atoms with E-state index in [1.54, 1.807) is 6.92 Å². The molecule has 1 unspecified atom stereocenters. The van der Waals surface area contributed by atoms with E-state index in [4.69, 9.17) is 11.5 Å². The Kier molecular flexibility index (Phi) is 6.96. The molecular formula is C11H17N3O4. The van der Waals surface area contributed by atoms with Crippen LogP contribution in [0.15, 0.2) is 0 Å². The second-order valence-corrected chi connectivity index (χ2v) is 3.52. The molecule has 0 heterocycles. The van der Waals surface area contributed by atoms with Gasteiger partial charge in [0, 0.05) is 6.54 Å². The summed E-state index contributed by atoms with van der Waals surface area (Å²) in [7, 11) is 0. The highest BCUT2D eigenvalue weighted by atomic mass is 16.4. The lowest BCUT2D eigenvalue weighted by Gasteiger charge is -2.21. The third kappa shape index (κ3) is 5.75. The first-order valence-corrected chi connectivity index (χ1v) is 5.40. The van der Waals surface area contributed by atoms with Crippen LogP contribution in [-0.4, -0.2) is 53.6 Å².